The molecule has 0 saturated carbocycles. The number of halogens is 1. The fraction of sp³-hybridized carbons (Fsp3) is 0.412. The van der Waals surface area contributed by atoms with Crippen LogP contribution in [-0.4, -0.2) is 54.5 Å². The van der Waals surface area contributed by atoms with Crippen molar-refractivity contribution >= 4 is 34.9 Å². The lowest BCUT2D eigenvalue weighted by Gasteiger charge is -2.33. The molecule has 1 fully saturated rings. The number of nitrogens with one attached hydrogen (secondary N) is 2. The Labute approximate surface area is 160 Å². The van der Waals surface area contributed by atoms with Crippen molar-refractivity contribution in [1.82, 2.24) is 20.4 Å². The molecule has 0 unspecified atom stereocenters. The number of carbonyl (C=O) groups excluding carboxylic acids is 2. The molecule has 0 radical (unpaired) electrons. The standard InChI is InChI=1S/C17H21ClN4O3S/c18-15-4-3-14(26-15)11-21-5-7-22(8-6-21)12-16(23)20-17(24)19-10-13-2-1-9-25-13/h1-4,9H,5-8,10-12H2,(H2,19,20,23,24). The molecular formula is C17H21ClN4O3S. The minimum Gasteiger partial charge on any atom is -0.467 e. The number of urea groups is 1. The SMILES string of the molecule is O=C(CN1CCN(Cc2ccc(Cl)s2)CC1)NC(=O)NCc1ccco1. The maximum Gasteiger partial charge on any atom is 0.321 e. The van der Waals surface area contributed by atoms with Crippen molar-refractivity contribution in [3.63, 3.8) is 0 Å². The van der Waals surface area contributed by atoms with E-state index in [2.05, 4.69) is 15.5 Å². The Balaban J connectivity index is 1.33. The van der Waals surface area contributed by atoms with E-state index in [0.717, 1.165) is 37.1 Å². The zero-order valence-electron chi connectivity index (χ0n) is 14.2. The van der Waals surface area contributed by atoms with Crippen LogP contribution < -0.4 is 10.6 Å². The van der Waals surface area contributed by atoms with Gasteiger partial charge in [0.15, 0.2) is 0 Å². The number of nitrogens with zero attached hydrogens (tertiary/aromatic N) is 2. The molecule has 1 aliphatic rings. The normalized spacial score (nSPS) is 15.7. The fourth-order valence-electron chi connectivity index (χ4n) is 2.76. The van der Waals surface area contributed by atoms with Crippen molar-refractivity contribution in [2.24, 2.45) is 0 Å². The van der Waals surface area contributed by atoms with E-state index in [1.807, 2.05) is 17.0 Å². The Kier molecular flexibility index (Phi) is 6.67. The van der Waals surface area contributed by atoms with Crippen molar-refractivity contribution < 1.29 is 14.0 Å². The predicted molar refractivity (Wildman–Crippen MR) is 100 cm³/mol. The summed E-state index contributed by atoms with van der Waals surface area (Å²) in [5, 5.41) is 4.93. The lowest BCUT2D eigenvalue weighted by atomic mass is 10.3. The third-order valence-corrected chi connectivity index (χ3v) is 5.31. The average molecular weight is 397 g/mol. The molecule has 26 heavy (non-hydrogen) atoms. The molecule has 0 spiro atoms. The maximum atomic E-state index is 12.0. The second-order valence-electron chi connectivity index (χ2n) is 6.07. The number of carbonyl (C=O) groups is 2. The minimum atomic E-state index is -0.514. The van der Waals surface area contributed by atoms with Crippen molar-refractivity contribution in [2.75, 3.05) is 32.7 Å². The quantitative estimate of drug-likeness (QED) is 0.782. The molecule has 2 N–H and O–H groups in total. The Morgan fingerprint density at radius 3 is 2.58 bits per heavy atom. The molecule has 0 bridgehead atoms. The smallest absolute Gasteiger partial charge is 0.321 e. The highest BCUT2D eigenvalue weighted by Crippen LogP contribution is 2.23. The summed E-state index contributed by atoms with van der Waals surface area (Å²) in [5.74, 6) is 0.330. The predicted octanol–water partition coefficient (Wildman–Crippen LogP) is 2.14. The molecule has 3 amide bonds. The molecule has 3 rings (SSSR count). The zero-order valence-corrected chi connectivity index (χ0v) is 15.8. The van der Waals surface area contributed by atoms with Crippen LogP contribution in [-0.2, 0) is 17.9 Å². The van der Waals surface area contributed by atoms with Crippen LogP contribution in [0.25, 0.3) is 0 Å². The maximum absolute atomic E-state index is 12.0. The van der Waals surface area contributed by atoms with Gasteiger partial charge >= 0.3 is 6.03 Å². The van der Waals surface area contributed by atoms with Crippen LogP contribution in [0.2, 0.25) is 4.34 Å². The topological polar surface area (TPSA) is 77.8 Å². The summed E-state index contributed by atoms with van der Waals surface area (Å²) in [5.41, 5.74) is 0. The number of furan rings is 1. The number of hydrogen-bond donors (Lipinski definition) is 2. The van der Waals surface area contributed by atoms with Gasteiger partial charge < -0.3 is 9.73 Å². The van der Waals surface area contributed by atoms with Gasteiger partial charge in [-0.2, -0.15) is 0 Å². The Morgan fingerprint density at radius 2 is 1.92 bits per heavy atom. The summed E-state index contributed by atoms with van der Waals surface area (Å²) in [4.78, 5) is 29.4. The van der Waals surface area contributed by atoms with Gasteiger partial charge in [-0.05, 0) is 24.3 Å². The summed E-state index contributed by atoms with van der Waals surface area (Å²) >= 11 is 7.56. The first-order chi connectivity index (χ1) is 12.6. The molecule has 1 saturated heterocycles. The highest BCUT2D eigenvalue weighted by molar-refractivity contribution is 7.16. The van der Waals surface area contributed by atoms with Crippen LogP contribution in [0.5, 0.6) is 0 Å². The second kappa shape index (κ2) is 9.18. The highest BCUT2D eigenvalue weighted by atomic mass is 35.5. The van der Waals surface area contributed by atoms with Gasteiger partial charge in [0.05, 0.1) is 23.7 Å². The van der Waals surface area contributed by atoms with Crippen molar-refractivity contribution in [1.29, 1.82) is 0 Å². The lowest BCUT2D eigenvalue weighted by Crippen LogP contribution is -2.50. The molecule has 1 aliphatic heterocycles. The van der Waals surface area contributed by atoms with Crippen LogP contribution in [0.4, 0.5) is 4.79 Å². The van der Waals surface area contributed by atoms with E-state index in [1.54, 1.807) is 23.5 Å². The molecule has 9 heteroatoms. The van der Waals surface area contributed by atoms with Gasteiger partial charge in [-0.25, -0.2) is 4.79 Å². The summed E-state index contributed by atoms with van der Waals surface area (Å²) in [6.45, 7) is 4.69. The van der Waals surface area contributed by atoms with Crippen molar-refractivity contribution in [2.45, 2.75) is 13.1 Å². The van der Waals surface area contributed by atoms with E-state index in [-0.39, 0.29) is 19.0 Å². The highest BCUT2D eigenvalue weighted by Gasteiger charge is 2.20. The number of amides is 3. The van der Waals surface area contributed by atoms with E-state index in [0.29, 0.717) is 5.76 Å². The van der Waals surface area contributed by atoms with E-state index in [4.69, 9.17) is 16.0 Å². The summed E-state index contributed by atoms with van der Waals surface area (Å²) in [6.07, 6.45) is 1.53. The molecule has 140 valence electrons. The monoisotopic (exact) mass is 396 g/mol. The second-order valence-corrected chi connectivity index (χ2v) is 7.87. The van der Waals surface area contributed by atoms with E-state index >= 15 is 0 Å². The first-order valence-corrected chi connectivity index (χ1v) is 9.57. The molecule has 0 aliphatic carbocycles. The molecular weight excluding hydrogens is 376 g/mol. The molecule has 7 nitrogen and oxygen atoms in total. The summed E-state index contributed by atoms with van der Waals surface area (Å²) < 4.78 is 5.92. The lowest BCUT2D eigenvalue weighted by molar-refractivity contribution is -0.121. The van der Waals surface area contributed by atoms with Crippen LogP contribution in [0.15, 0.2) is 34.9 Å². The third kappa shape index (κ3) is 5.84. The van der Waals surface area contributed by atoms with Crippen LogP contribution in [0.3, 0.4) is 0 Å². The molecule has 0 aromatic carbocycles. The first-order valence-electron chi connectivity index (χ1n) is 8.37. The van der Waals surface area contributed by atoms with E-state index in [1.165, 1.54) is 11.1 Å². The number of thiophene rings is 1. The average Bonchev–Trinajstić information content (AvgIpc) is 3.26. The van der Waals surface area contributed by atoms with Gasteiger partial charge in [0.2, 0.25) is 5.91 Å². The number of hydrogen-bond acceptors (Lipinski definition) is 6. The van der Waals surface area contributed by atoms with Crippen LogP contribution in [0, 0.1) is 0 Å². The largest absolute Gasteiger partial charge is 0.467 e. The van der Waals surface area contributed by atoms with E-state index in [9.17, 15) is 9.59 Å². The Bertz CT molecular complexity index is 726. The number of rotatable bonds is 6. The Morgan fingerprint density at radius 1 is 1.15 bits per heavy atom. The Hall–Kier alpha value is -1.87. The van der Waals surface area contributed by atoms with Crippen LogP contribution >= 0.6 is 22.9 Å². The van der Waals surface area contributed by atoms with Gasteiger partial charge in [0, 0.05) is 37.6 Å². The zero-order chi connectivity index (χ0) is 18.4. The van der Waals surface area contributed by atoms with Crippen molar-refractivity contribution in [3.8, 4) is 0 Å². The summed E-state index contributed by atoms with van der Waals surface area (Å²) in [7, 11) is 0. The van der Waals surface area contributed by atoms with E-state index < -0.39 is 6.03 Å². The molecule has 2 aromatic heterocycles. The molecule has 3 heterocycles. The van der Waals surface area contributed by atoms with Gasteiger partial charge in [-0.3, -0.25) is 19.9 Å². The number of piperazine rings is 1. The third-order valence-electron chi connectivity index (χ3n) is 4.10. The van der Waals surface area contributed by atoms with Gasteiger partial charge in [-0.1, -0.05) is 11.6 Å². The van der Waals surface area contributed by atoms with Gasteiger partial charge in [-0.15, -0.1) is 11.3 Å². The van der Waals surface area contributed by atoms with Gasteiger partial charge in [0.25, 0.3) is 0 Å². The fourth-order valence-corrected chi connectivity index (χ4v) is 3.89. The first kappa shape index (κ1) is 18.9. The molecule has 2 aromatic rings. The van der Waals surface area contributed by atoms with Gasteiger partial charge in [0.1, 0.15) is 5.76 Å². The number of imide groups is 1. The molecule has 0 atom stereocenters. The van der Waals surface area contributed by atoms with Crippen LogP contribution in [0.1, 0.15) is 10.6 Å². The van der Waals surface area contributed by atoms with Crippen molar-refractivity contribution in [3.05, 3.63) is 45.5 Å². The minimum absolute atomic E-state index is 0.215. The summed E-state index contributed by atoms with van der Waals surface area (Å²) in [6, 6.07) is 6.95.